The number of guanidine groups is 1. The lowest BCUT2D eigenvalue weighted by Crippen LogP contribution is -2.39. The van der Waals surface area contributed by atoms with Crippen molar-refractivity contribution in [1.29, 1.82) is 0 Å². The predicted octanol–water partition coefficient (Wildman–Crippen LogP) is 3.32. The maximum atomic E-state index is 10.4. The van der Waals surface area contributed by atoms with Crippen LogP contribution in [0.15, 0.2) is 46.1 Å². The Morgan fingerprint density at radius 3 is 2.56 bits per heavy atom. The van der Waals surface area contributed by atoms with Crippen molar-refractivity contribution < 1.29 is 9.84 Å². The van der Waals surface area contributed by atoms with E-state index in [1.165, 1.54) is 5.56 Å². The average Bonchev–Trinajstić information content (AvgIpc) is 3.10. The number of ether oxygens (including phenoxy) is 1. The summed E-state index contributed by atoms with van der Waals surface area (Å²) in [4.78, 5) is 4.54. The summed E-state index contributed by atoms with van der Waals surface area (Å²) in [5.41, 5.74) is 2.03. The number of rotatable bonds is 8. The molecule has 0 saturated carbocycles. The van der Waals surface area contributed by atoms with Crippen LogP contribution in [0.5, 0.6) is 5.75 Å². The van der Waals surface area contributed by atoms with Gasteiger partial charge in [-0.15, -0.1) is 0 Å². The van der Waals surface area contributed by atoms with Gasteiger partial charge in [-0.1, -0.05) is 12.1 Å². The minimum Gasteiger partial charge on any atom is -0.491 e. The van der Waals surface area contributed by atoms with E-state index in [0.717, 1.165) is 17.9 Å². The Balaban J connectivity index is 1.89. The molecule has 1 atom stereocenters. The lowest BCUT2D eigenvalue weighted by Gasteiger charge is -2.16. The Morgan fingerprint density at radius 2 is 1.96 bits per heavy atom. The molecule has 1 heterocycles. The molecule has 0 spiro atoms. The standard InChI is InChI=1S/C19H27N3O2S/c1-4-20-19(21-11-15-9-10-25-13-15)22-12-18(23)16-5-7-17(8-6-16)24-14(2)3/h5-10,13-14,18,23H,4,11-12H2,1-3H3,(H2,20,21,22). The fourth-order valence-electron chi connectivity index (χ4n) is 2.25. The second-order valence-corrected chi connectivity index (χ2v) is 6.74. The molecular formula is C19H27N3O2S. The van der Waals surface area contributed by atoms with Crippen LogP contribution in [0.1, 0.15) is 38.0 Å². The quantitative estimate of drug-likeness (QED) is 0.498. The number of aliphatic hydroxyl groups excluding tert-OH is 1. The summed E-state index contributed by atoms with van der Waals surface area (Å²) in [5, 5.41) is 20.9. The Kier molecular flexibility index (Phi) is 7.76. The summed E-state index contributed by atoms with van der Waals surface area (Å²) in [6.45, 7) is 7.78. The van der Waals surface area contributed by atoms with Crippen molar-refractivity contribution in [2.75, 3.05) is 13.1 Å². The molecular weight excluding hydrogens is 334 g/mol. The number of hydrogen-bond donors (Lipinski definition) is 3. The molecule has 0 aliphatic heterocycles. The monoisotopic (exact) mass is 361 g/mol. The molecule has 1 aromatic heterocycles. The number of thiophene rings is 1. The van der Waals surface area contributed by atoms with E-state index in [9.17, 15) is 5.11 Å². The van der Waals surface area contributed by atoms with Crippen molar-refractivity contribution in [3.05, 3.63) is 52.2 Å². The van der Waals surface area contributed by atoms with E-state index in [2.05, 4.69) is 27.1 Å². The summed E-state index contributed by atoms with van der Waals surface area (Å²) < 4.78 is 5.62. The molecule has 0 aliphatic rings. The van der Waals surface area contributed by atoms with E-state index in [1.54, 1.807) is 11.3 Å². The van der Waals surface area contributed by atoms with Gasteiger partial charge >= 0.3 is 0 Å². The van der Waals surface area contributed by atoms with E-state index in [4.69, 9.17) is 4.74 Å². The van der Waals surface area contributed by atoms with E-state index in [0.29, 0.717) is 19.0 Å². The molecule has 0 amide bonds. The van der Waals surface area contributed by atoms with E-state index >= 15 is 0 Å². The van der Waals surface area contributed by atoms with Gasteiger partial charge < -0.3 is 20.5 Å². The smallest absolute Gasteiger partial charge is 0.191 e. The maximum absolute atomic E-state index is 10.4. The third kappa shape index (κ3) is 6.76. The number of benzene rings is 1. The molecule has 136 valence electrons. The lowest BCUT2D eigenvalue weighted by atomic mass is 10.1. The van der Waals surface area contributed by atoms with Gasteiger partial charge in [-0.05, 0) is 60.9 Å². The van der Waals surface area contributed by atoms with Crippen LogP contribution in [0.25, 0.3) is 0 Å². The first kappa shape index (κ1) is 19.3. The molecule has 2 rings (SSSR count). The van der Waals surface area contributed by atoms with Gasteiger partial charge in [0.25, 0.3) is 0 Å². The van der Waals surface area contributed by atoms with Crippen LogP contribution in [0.3, 0.4) is 0 Å². The SMILES string of the molecule is CCNC(=NCc1ccsc1)NCC(O)c1ccc(OC(C)C)cc1. The van der Waals surface area contributed by atoms with Crippen LogP contribution in [0.4, 0.5) is 0 Å². The van der Waals surface area contributed by atoms with Crippen molar-refractivity contribution in [3.63, 3.8) is 0 Å². The second kappa shape index (κ2) is 10.1. The van der Waals surface area contributed by atoms with Crippen LogP contribution in [-0.4, -0.2) is 30.3 Å². The van der Waals surface area contributed by atoms with E-state index in [1.807, 2.05) is 50.4 Å². The molecule has 0 saturated heterocycles. The summed E-state index contributed by atoms with van der Waals surface area (Å²) >= 11 is 1.66. The van der Waals surface area contributed by atoms with Crippen LogP contribution in [-0.2, 0) is 6.54 Å². The highest BCUT2D eigenvalue weighted by Crippen LogP contribution is 2.18. The van der Waals surface area contributed by atoms with E-state index in [-0.39, 0.29) is 6.10 Å². The van der Waals surface area contributed by atoms with Crippen LogP contribution < -0.4 is 15.4 Å². The molecule has 1 unspecified atom stereocenters. The van der Waals surface area contributed by atoms with Gasteiger partial charge in [0.1, 0.15) is 5.75 Å². The fraction of sp³-hybridized carbons (Fsp3) is 0.421. The Morgan fingerprint density at radius 1 is 1.20 bits per heavy atom. The molecule has 0 fully saturated rings. The second-order valence-electron chi connectivity index (χ2n) is 5.96. The van der Waals surface area contributed by atoms with Crippen LogP contribution >= 0.6 is 11.3 Å². The van der Waals surface area contributed by atoms with Crippen LogP contribution in [0.2, 0.25) is 0 Å². The van der Waals surface area contributed by atoms with Crippen molar-refractivity contribution in [2.24, 2.45) is 4.99 Å². The largest absolute Gasteiger partial charge is 0.491 e. The van der Waals surface area contributed by atoms with Gasteiger partial charge in [0.15, 0.2) is 5.96 Å². The minimum atomic E-state index is -0.613. The molecule has 5 nitrogen and oxygen atoms in total. The normalized spacial score (nSPS) is 12.9. The minimum absolute atomic E-state index is 0.138. The zero-order chi connectivity index (χ0) is 18.1. The molecule has 0 bridgehead atoms. The highest BCUT2D eigenvalue weighted by molar-refractivity contribution is 7.07. The third-order valence-electron chi connectivity index (χ3n) is 3.44. The Hall–Kier alpha value is -2.05. The number of nitrogens with zero attached hydrogens (tertiary/aromatic N) is 1. The first-order valence-corrected chi connectivity index (χ1v) is 9.50. The average molecular weight is 362 g/mol. The van der Waals surface area contributed by atoms with Crippen molar-refractivity contribution in [3.8, 4) is 5.75 Å². The number of nitrogens with one attached hydrogen (secondary N) is 2. The highest BCUT2D eigenvalue weighted by atomic mass is 32.1. The highest BCUT2D eigenvalue weighted by Gasteiger charge is 2.09. The van der Waals surface area contributed by atoms with Gasteiger partial charge in [0.2, 0.25) is 0 Å². The Labute approximate surface area is 153 Å². The molecule has 25 heavy (non-hydrogen) atoms. The first-order valence-electron chi connectivity index (χ1n) is 8.56. The van der Waals surface area contributed by atoms with Gasteiger partial charge in [-0.25, -0.2) is 4.99 Å². The number of hydrogen-bond acceptors (Lipinski definition) is 4. The molecule has 3 N–H and O–H groups in total. The van der Waals surface area contributed by atoms with Gasteiger partial charge in [-0.3, -0.25) is 0 Å². The third-order valence-corrected chi connectivity index (χ3v) is 4.18. The zero-order valence-corrected chi connectivity index (χ0v) is 15.8. The molecule has 1 aromatic carbocycles. The summed E-state index contributed by atoms with van der Waals surface area (Å²) in [5.74, 6) is 1.51. The predicted molar refractivity (Wildman–Crippen MR) is 104 cm³/mol. The zero-order valence-electron chi connectivity index (χ0n) is 15.0. The first-order chi connectivity index (χ1) is 12.1. The summed E-state index contributed by atoms with van der Waals surface area (Å²) in [6.07, 6.45) is -0.474. The maximum Gasteiger partial charge on any atom is 0.191 e. The van der Waals surface area contributed by atoms with Gasteiger partial charge in [-0.2, -0.15) is 11.3 Å². The van der Waals surface area contributed by atoms with Gasteiger partial charge in [0, 0.05) is 13.1 Å². The topological polar surface area (TPSA) is 65.9 Å². The molecule has 0 radical (unpaired) electrons. The summed E-state index contributed by atoms with van der Waals surface area (Å²) in [7, 11) is 0. The number of aliphatic imine (C=N–C) groups is 1. The molecule has 6 heteroatoms. The van der Waals surface area contributed by atoms with Crippen molar-refractivity contribution in [2.45, 2.75) is 39.5 Å². The molecule has 0 aliphatic carbocycles. The van der Waals surface area contributed by atoms with Gasteiger partial charge in [0.05, 0.1) is 18.8 Å². The fourth-order valence-corrected chi connectivity index (χ4v) is 2.91. The van der Waals surface area contributed by atoms with Crippen LogP contribution in [0, 0.1) is 0 Å². The Bertz CT molecular complexity index is 639. The van der Waals surface area contributed by atoms with Crippen molar-refractivity contribution in [1.82, 2.24) is 10.6 Å². The molecule has 2 aromatic rings. The number of aliphatic hydroxyl groups is 1. The van der Waals surface area contributed by atoms with E-state index < -0.39 is 6.10 Å². The lowest BCUT2D eigenvalue weighted by molar-refractivity contribution is 0.180. The summed E-state index contributed by atoms with van der Waals surface area (Å²) in [6, 6.07) is 9.61. The van der Waals surface area contributed by atoms with Crippen molar-refractivity contribution >= 4 is 17.3 Å².